The van der Waals surface area contributed by atoms with E-state index in [9.17, 15) is 9.59 Å². The van der Waals surface area contributed by atoms with Crippen LogP contribution in [-0.2, 0) is 11.2 Å². The van der Waals surface area contributed by atoms with Crippen LogP contribution in [-0.4, -0.2) is 23.3 Å². The summed E-state index contributed by atoms with van der Waals surface area (Å²) in [5.74, 6) is -0.353. The zero-order valence-corrected chi connectivity index (χ0v) is 15.8. The minimum atomic E-state index is -0.224. The summed E-state index contributed by atoms with van der Waals surface area (Å²) in [6.07, 6.45) is 1.05. The molecule has 0 aliphatic rings. The van der Waals surface area contributed by atoms with Crippen molar-refractivity contribution < 1.29 is 9.59 Å². The van der Waals surface area contributed by atoms with Crippen LogP contribution < -0.4 is 10.6 Å². The number of hydrogen-bond donors (Lipinski definition) is 2. The molecule has 0 unspecified atom stereocenters. The van der Waals surface area contributed by atoms with E-state index in [2.05, 4.69) is 15.6 Å². The summed E-state index contributed by atoms with van der Waals surface area (Å²) < 4.78 is 1.30. The number of benzene rings is 2. The Morgan fingerprint density at radius 2 is 2.00 bits per heavy atom. The number of fused-ring (bicyclic) bond motifs is 1. The summed E-state index contributed by atoms with van der Waals surface area (Å²) in [5, 5.41) is 5.66. The lowest BCUT2D eigenvalue weighted by Crippen LogP contribution is -2.27. The third-order valence-corrected chi connectivity index (χ3v) is 5.06. The summed E-state index contributed by atoms with van der Waals surface area (Å²) >= 11 is 7.21. The van der Waals surface area contributed by atoms with E-state index in [0.717, 1.165) is 27.9 Å². The van der Waals surface area contributed by atoms with Crippen molar-refractivity contribution in [2.45, 2.75) is 19.8 Å². The van der Waals surface area contributed by atoms with Gasteiger partial charge in [0.05, 0.1) is 10.2 Å². The van der Waals surface area contributed by atoms with Crippen LogP contribution in [0.4, 0.5) is 5.69 Å². The number of nitrogens with zero attached hydrogens (tertiary/aromatic N) is 1. The molecule has 0 bridgehead atoms. The van der Waals surface area contributed by atoms with Crippen LogP contribution in [0.15, 0.2) is 42.5 Å². The minimum Gasteiger partial charge on any atom is -0.352 e. The van der Waals surface area contributed by atoms with Crippen LogP contribution in [0.1, 0.15) is 29.3 Å². The van der Waals surface area contributed by atoms with Gasteiger partial charge in [0.1, 0.15) is 0 Å². The van der Waals surface area contributed by atoms with Gasteiger partial charge in [-0.1, -0.05) is 36.7 Å². The lowest BCUT2D eigenvalue weighted by Gasteiger charge is -2.10. The van der Waals surface area contributed by atoms with Gasteiger partial charge in [0, 0.05) is 24.2 Å². The highest BCUT2D eigenvalue weighted by Gasteiger charge is 2.10. The summed E-state index contributed by atoms with van der Waals surface area (Å²) in [6, 6.07) is 12.9. The lowest BCUT2D eigenvalue weighted by molar-refractivity contribution is -0.116. The molecule has 5 nitrogen and oxygen atoms in total. The molecule has 1 heterocycles. The first-order valence-corrected chi connectivity index (χ1v) is 9.48. The number of carbonyl (C=O) groups is 2. The van der Waals surface area contributed by atoms with Crippen LogP contribution in [0.2, 0.25) is 4.47 Å². The molecule has 7 heteroatoms. The molecule has 0 spiro atoms. The normalized spacial score (nSPS) is 10.7. The Morgan fingerprint density at radius 1 is 1.19 bits per heavy atom. The van der Waals surface area contributed by atoms with Gasteiger partial charge in [0.25, 0.3) is 5.91 Å². The fourth-order valence-electron chi connectivity index (χ4n) is 2.59. The smallest absolute Gasteiger partial charge is 0.251 e. The number of halogens is 1. The van der Waals surface area contributed by atoms with Crippen molar-refractivity contribution in [1.82, 2.24) is 10.3 Å². The number of nitrogens with one attached hydrogen (secondary N) is 2. The average Bonchev–Trinajstić information content (AvgIpc) is 3.01. The first-order chi connectivity index (χ1) is 12.6. The summed E-state index contributed by atoms with van der Waals surface area (Å²) in [5.41, 5.74) is 3.19. The van der Waals surface area contributed by atoms with Gasteiger partial charge in [-0.05, 0) is 36.2 Å². The second kappa shape index (κ2) is 8.29. The van der Waals surface area contributed by atoms with E-state index in [-0.39, 0.29) is 24.8 Å². The van der Waals surface area contributed by atoms with Crippen LogP contribution in [0.5, 0.6) is 0 Å². The van der Waals surface area contributed by atoms with Crippen molar-refractivity contribution in [2.24, 2.45) is 0 Å². The van der Waals surface area contributed by atoms with Crippen molar-refractivity contribution in [3.05, 3.63) is 58.1 Å². The number of aromatic nitrogens is 1. The van der Waals surface area contributed by atoms with Gasteiger partial charge in [-0.25, -0.2) is 4.98 Å². The SMILES string of the molecule is CCc1ccccc1NC(=O)CCNC(=O)c1ccc2nc(Cl)sc2c1. The van der Waals surface area contributed by atoms with Gasteiger partial charge in [0.2, 0.25) is 5.91 Å². The fraction of sp³-hybridized carbons (Fsp3) is 0.211. The topological polar surface area (TPSA) is 71.1 Å². The summed E-state index contributed by atoms with van der Waals surface area (Å²) in [7, 11) is 0. The first kappa shape index (κ1) is 18.4. The van der Waals surface area contributed by atoms with Gasteiger partial charge in [0.15, 0.2) is 4.47 Å². The van der Waals surface area contributed by atoms with E-state index in [0.29, 0.717) is 10.0 Å². The molecule has 3 aromatic rings. The lowest BCUT2D eigenvalue weighted by atomic mass is 10.1. The maximum absolute atomic E-state index is 12.2. The average molecular weight is 388 g/mol. The Balaban J connectivity index is 1.53. The number of anilines is 1. The molecule has 3 rings (SSSR count). The highest BCUT2D eigenvalue weighted by Crippen LogP contribution is 2.26. The summed E-state index contributed by atoms with van der Waals surface area (Å²) in [4.78, 5) is 28.5. The van der Waals surface area contributed by atoms with Crippen molar-refractivity contribution in [1.29, 1.82) is 0 Å². The molecule has 0 fully saturated rings. The van der Waals surface area contributed by atoms with Crippen molar-refractivity contribution in [3.63, 3.8) is 0 Å². The van der Waals surface area contributed by atoms with Crippen molar-refractivity contribution >= 4 is 50.7 Å². The molecule has 0 atom stereocenters. The first-order valence-electron chi connectivity index (χ1n) is 8.29. The minimum absolute atomic E-state index is 0.129. The predicted octanol–water partition coefficient (Wildman–Crippen LogP) is 4.27. The van der Waals surface area contributed by atoms with Gasteiger partial charge < -0.3 is 10.6 Å². The number of carbonyl (C=O) groups excluding carboxylic acids is 2. The van der Waals surface area contributed by atoms with E-state index >= 15 is 0 Å². The van der Waals surface area contributed by atoms with Gasteiger partial charge >= 0.3 is 0 Å². The molecule has 0 aliphatic heterocycles. The molecule has 0 saturated carbocycles. The second-order valence-electron chi connectivity index (χ2n) is 5.71. The van der Waals surface area contributed by atoms with Crippen molar-refractivity contribution in [2.75, 3.05) is 11.9 Å². The molecule has 0 radical (unpaired) electrons. The number of aryl methyl sites for hydroxylation is 1. The van der Waals surface area contributed by atoms with Crippen LogP contribution >= 0.6 is 22.9 Å². The van der Waals surface area contributed by atoms with Crippen LogP contribution in [0.3, 0.4) is 0 Å². The number of rotatable bonds is 6. The third-order valence-electron chi connectivity index (χ3n) is 3.93. The third kappa shape index (κ3) is 4.39. The highest BCUT2D eigenvalue weighted by molar-refractivity contribution is 7.22. The van der Waals surface area contributed by atoms with Gasteiger partial charge in [-0.2, -0.15) is 0 Å². The fourth-order valence-corrected chi connectivity index (χ4v) is 3.66. The number of amides is 2. The van der Waals surface area contributed by atoms with Gasteiger partial charge in [-0.15, -0.1) is 11.3 Å². The molecule has 2 N–H and O–H groups in total. The molecule has 0 saturated heterocycles. The standard InChI is InChI=1S/C19H18ClN3O2S/c1-2-12-5-3-4-6-14(12)22-17(24)9-10-21-18(25)13-7-8-15-16(11-13)26-19(20)23-15/h3-8,11H,2,9-10H2,1H3,(H,21,25)(H,22,24). The highest BCUT2D eigenvalue weighted by atomic mass is 35.5. The Kier molecular flexibility index (Phi) is 5.85. The molecule has 134 valence electrons. The molecular formula is C19H18ClN3O2S. The maximum Gasteiger partial charge on any atom is 0.251 e. The molecule has 2 amide bonds. The quantitative estimate of drug-likeness (QED) is 0.663. The zero-order chi connectivity index (χ0) is 18.5. The largest absolute Gasteiger partial charge is 0.352 e. The molecule has 2 aromatic carbocycles. The summed E-state index contributed by atoms with van der Waals surface area (Å²) in [6.45, 7) is 2.30. The van der Waals surface area contributed by atoms with E-state index in [1.165, 1.54) is 11.3 Å². The van der Waals surface area contributed by atoms with E-state index < -0.39 is 0 Å². The zero-order valence-electron chi connectivity index (χ0n) is 14.2. The maximum atomic E-state index is 12.2. The number of hydrogen-bond acceptors (Lipinski definition) is 4. The van der Waals surface area contributed by atoms with Crippen LogP contribution in [0.25, 0.3) is 10.2 Å². The second-order valence-corrected chi connectivity index (χ2v) is 7.33. The molecule has 1 aromatic heterocycles. The van der Waals surface area contributed by atoms with Gasteiger partial charge in [-0.3, -0.25) is 9.59 Å². The molecule has 0 aliphatic carbocycles. The predicted molar refractivity (Wildman–Crippen MR) is 106 cm³/mol. The molecular weight excluding hydrogens is 370 g/mol. The Labute approximate surface area is 160 Å². The van der Waals surface area contributed by atoms with E-state index in [1.54, 1.807) is 18.2 Å². The monoisotopic (exact) mass is 387 g/mol. The van der Waals surface area contributed by atoms with E-state index in [1.807, 2.05) is 31.2 Å². The Bertz CT molecular complexity index is 955. The van der Waals surface area contributed by atoms with Crippen LogP contribution in [0, 0.1) is 0 Å². The number of thiazole rings is 1. The Morgan fingerprint density at radius 3 is 2.81 bits per heavy atom. The van der Waals surface area contributed by atoms with Crippen molar-refractivity contribution in [3.8, 4) is 0 Å². The molecule has 26 heavy (non-hydrogen) atoms. The number of para-hydroxylation sites is 1. The van der Waals surface area contributed by atoms with E-state index in [4.69, 9.17) is 11.6 Å². The Hall–Kier alpha value is -2.44.